The molecule has 2 rings (SSSR count). The lowest BCUT2D eigenvalue weighted by Crippen LogP contribution is -2.29. The molecule has 0 amide bonds. The molecule has 0 saturated heterocycles. The van der Waals surface area contributed by atoms with Crippen LogP contribution in [0.2, 0.25) is 0 Å². The van der Waals surface area contributed by atoms with E-state index in [0.29, 0.717) is 6.54 Å². The molecule has 90 valence electrons. The third kappa shape index (κ3) is 2.24. The molecule has 0 aliphatic heterocycles. The molecule has 3 N–H and O–H groups in total. The second-order valence-electron chi connectivity index (χ2n) is 5.02. The van der Waals surface area contributed by atoms with Crippen LogP contribution in [0.1, 0.15) is 25.8 Å². The molecule has 1 aromatic heterocycles. The van der Waals surface area contributed by atoms with Crippen LogP contribution in [0.5, 0.6) is 0 Å². The molecule has 0 spiro atoms. The van der Waals surface area contributed by atoms with Gasteiger partial charge in [-0.25, -0.2) is 0 Å². The van der Waals surface area contributed by atoms with Gasteiger partial charge in [-0.05, 0) is 35.9 Å². The van der Waals surface area contributed by atoms with E-state index >= 15 is 0 Å². The summed E-state index contributed by atoms with van der Waals surface area (Å²) in [6, 6.07) is 9.79. The molecule has 0 fully saturated rings. The van der Waals surface area contributed by atoms with E-state index in [-0.39, 0.29) is 11.0 Å². The van der Waals surface area contributed by atoms with E-state index in [2.05, 4.69) is 18.8 Å². The molecule has 1 aromatic carbocycles. The highest BCUT2D eigenvalue weighted by Gasteiger charge is 2.23. The maximum atomic E-state index is 12.1. The summed E-state index contributed by atoms with van der Waals surface area (Å²) in [5, 5.41) is 1.06. The van der Waals surface area contributed by atoms with Gasteiger partial charge in [0.15, 0.2) is 0 Å². The fourth-order valence-electron chi connectivity index (χ4n) is 2.15. The van der Waals surface area contributed by atoms with E-state index in [0.717, 1.165) is 22.9 Å². The zero-order chi connectivity index (χ0) is 12.5. The Morgan fingerprint density at radius 2 is 2.00 bits per heavy atom. The molecule has 0 atom stereocenters. The lowest BCUT2D eigenvalue weighted by atomic mass is 9.82. The Labute approximate surface area is 101 Å². The third-order valence-corrected chi connectivity index (χ3v) is 3.25. The van der Waals surface area contributed by atoms with Gasteiger partial charge in [0.25, 0.3) is 5.56 Å². The molecule has 3 nitrogen and oxygen atoms in total. The van der Waals surface area contributed by atoms with Crippen LogP contribution in [-0.4, -0.2) is 11.5 Å². The Kier molecular flexibility index (Phi) is 3.03. The molecule has 0 aliphatic rings. The average Bonchev–Trinajstić information content (AvgIpc) is 2.27. The van der Waals surface area contributed by atoms with Gasteiger partial charge in [-0.1, -0.05) is 32.0 Å². The van der Waals surface area contributed by atoms with E-state index in [1.807, 2.05) is 30.3 Å². The number of nitrogens with two attached hydrogens (primary N) is 1. The quantitative estimate of drug-likeness (QED) is 0.848. The molecular weight excluding hydrogens is 212 g/mol. The Bertz CT molecular complexity index is 584. The van der Waals surface area contributed by atoms with Crippen LogP contribution in [0.4, 0.5) is 0 Å². The van der Waals surface area contributed by atoms with Crippen molar-refractivity contribution >= 4 is 10.9 Å². The monoisotopic (exact) mass is 230 g/mol. The maximum absolute atomic E-state index is 12.1. The van der Waals surface area contributed by atoms with Gasteiger partial charge in [0.2, 0.25) is 0 Å². The number of pyridine rings is 1. The fraction of sp³-hybridized carbons (Fsp3) is 0.357. The van der Waals surface area contributed by atoms with Crippen molar-refractivity contribution < 1.29 is 0 Å². The molecule has 0 unspecified atom stereocenters. The predicted molar refractivity (Wildman–Crippen MR) is 71.3 cm³/mol. The number of aromatic amines is 1. The summed E-state index contributed by atoms with van der Waals surface area (Å²) in [5.74, 6) is 0. The zero-order valence-corrected chi connectivity index (χ0v) is 10.3. The number of hydrogen-bond donors (Lipinski definition) is 2. The zero-order valence-electron chi connectivity index (χ0n) is 10.3. The lowest BCUT2D eigenvalue weighted by molar-refractivity contribution is 0.483. The highest BCUT2D eigenvalue weighted by molar-refractivity contribution is 5.78. The Balaban J connectivity index is 2.62. The van der Waals surface area contributed by atoms with Gasteiger partial charge < -0.3 is 10.7 Å². The molecule has 3 heteroatoms. The standard InChI is InChI=1S/C14H18N2O/c1-14(2,7-8-15)11-9-10-5-3-4-6-12(10)16-13(11)17/h3-6,9H,7-8,15H2,1-2H3,(H,16,17). The first-order chi connectivity index (χ1) is 8.04. The normalized spacial score (nSPS) is 11.9. The van der Waals surface area contributed by atoms with E-state index in [4.69, 9.17) is 5.73 Å². The van der Waals surface area contributed by atoms with Gasteiger partial charge in [0, 0.05) is 11.1 Å². The smallest absolute Gasteiger partial charge is 0.252 e. The summed E-state index contributed by atoms with van der Waals surface area (Å²) in [4.78, 5) is 15.0. The van der Waals surface area contributed by atoms with Gasteiger partial charge in [0.1, 0.15) is 0 Å². The van der Waals surface area contributed by atoms with Crippen LogP contribution < -0.4 is 11.3 Å². The fourth-order valence-corrected chi connectivity index (χ4v) is 2.15. The second kappa shape index (κ2) is 4.34. The SMILES string of the molecule is CC(C)(CCN)c1cc2ccccc2[nH]c1=O. The van der Waals surface area contributed by atoms with Gasteiger partial charge in [0.05, 0.1) is 0 Å². The number of nitrogens with one attached hydrogen (secondary N) is 1. The van der Waals surface area contributed by atoms with Crippen LogP contribution in [0, 0.1) is 0 Å². The molecule has 17 heavy (non-hydrogen) atoms. The molecule has 0 aliphatic carbocycles. The van der Waals surface area contributed by atoms with E-state index < -0.39 is 0 Å². The van der Waals surface area contributed by atoms with Crippen molar-refractivity contribution in [2.24, 2.45) is 5.73 Å². The van der Waals surface area contributed by atoms with Crippen molar-refractivity contribution in [2.75, 3.05) is 6.54 Å². The number of aromatic nitrogens is 1. The van der Waals surface area contributed by atoms with Crippen LogP contribution in [-0.2, 0) is 5.41 Å². The summed E-state index contributed by atoms with van der Waals surface area (Å²) in [6.45, 7) is 4.69. The predicted octanol–water partition coefficient (Wildman–Crippen LogP) is 2.15. The molecule has 2 aromatic rings. The first kappa shape index (κ1) is 11.9. The van der Waals surface area contributed by atoms with Crippen molar-refractivity contribution in [3.63, 3.8) is 0 Å². The minimum absolute atomic E-state index is 0.0119. The van der Waals surface area contributed by atoms with Crippen molar-refractivity contribution in [2.45, 2.75) is 25.7 Å². The summed E-state index contributed by atoms with van der Waals surface area (Å²) in [6.07, 6.45) is 0.800. The molecule has 0 bridgehead atoms. The number of H-pyrrole nitrogens is 1. The summed E-state index contributed by atoms with van der Waals surface area (Å²) in [5.41, 5.74) is 7.09. The van der Waals surface area contributed by atoms with E-state index in [1.54, 1.807) is 0 Å². The van der Waals surface area contributed by atoms with Crippen LogP contribution in [0.25, 0.3) is 10.9 Å². The third-order valence-electron chi connectivity index (χ3n) is 3.25. The van der Waals surface area contributed by atoms with Gasteiger partial charge in [-0.2, -0.15) is 0 Å². The molecule has 0 radical (unpaired) electrons. The largest absolute Gasteiger partial charge is 0.330 e. The maximum Gasteiger partial charge on any atom is 0.252 e. The summed E-state index contributed by atoms with van der Waals surface area (Å²) in [7, 11) is 0. The number of rotatable bonds is 3. The lowest BCUT2D eigenvalue weighted by Gasteiger charge is -2.23. The van der Waals surface area contributed by atoms with Crippen molar-refractivity contribution in [1.82, 2.24) is 4.98 Å². The van der Waals surface area contributed by atoms with Crippen LogP contribution in [0.3, 0.4) is 0 Å². The number of para-hydroxylation sites is 1. The summed E-state index contributed by atoms with van der Waals surface area (Å²) < 4.78 is 0. The van der Waals surface area contributed by atoms with Crippen molar-refractivity contribution in [3.05, 3.63) is 46.2 Å². The Hall–Kier alpha value is -1.61. The van der Waals surface area contributed by atoms with Crippen LogP contribution >= 0.6 is 0 Å². The average molecular weight is 230 g/mol. The first-order valence-corrected chi connectivity index (χ1v) is 5.87. The van der Waals surface area contributed by atoms with Gasteiger partial charge >= 0.3 is 0 Å². The Morgan fingerprint density at radius 3 is 2.71 bits per heavy atom. The van der Waals surface area contributed by atoms with Crippen molar-refractivity contribution in [3.8, 4) is 0 Å². The minimum atomic E-state index is -0.188. The first-order valence-electron chi connectivity index (χ1n) is 5.87. The molecular formula is C14H18N2O. The highest BCUT2D eigenvalue weighted by Crippen LogP contribution is 2.25. The van der Waals surface area contributed by atoms with E-state index in [9.17, 15) is 4.79 Å². The topological polar surface area (TPSA) is 58.9 Å². The summed E-state index contributed by atoms with van der Waals surface area (Å²) >= 11 is 0. The molecule has 0 saturated carbocycles. The number of benzene rings is 1. The van der Waals surface area contributed by atoms with Gasteiger partial charge in [-0.3, -0.25) is 4.79 Å². The van der Waals surface area contributed by atoms with Crippen molar-refractivity contribution in [1.29, 1.82) is 0 Å². The number of hydrogen-bond acceptors (Lipinski definition) is 2. The second-order valence-corrected chi connectivity index (χ2v) is 5.02. The number of fused-ring (bicyclic) bond motifs is 1. The van der Waals surface area contributed by atoms with Gasteiger partial charge in [-0.15, -0.1) is 0 Å². The van der Waals surface area contributed by atoms with E-state index in [1.165, 1.54) is 0 Å². The Morgan fingerprint density at radius 1 is 1.29 bits per heavy atom. The molecule has 1 heterocycles. The highest BCUT2D eigenvalue weighted by atomic mass is 16.1. The minimum Gasteiger partial charge on any atom is -0.330 e. The van der Waals surface area contributed by atoms with Crippen LogP contribution in [0.15, 0.2) is 35.1 Å².